The van der Waals surface area contributed by atoms with Gasteiger partial charge in [0.25, 0.3) is 0 Å². The van der Waals surface area contributed by atoms with Gasteiger partial charge in [-0.2, -0.15) is 0 Å². The number of rotatable bonds is 6. The summed E-state index contributed by atoms with van der Waals surface area (Å²) in [6.07, 6.45) is 1.95. The Balaban J connectivity index is 1.65. The largest absolute Gasteiger partial charge is 0.320 e. The Morgan fingerprint density at radius 2 is 1.67 bits per heavy atom. The first-order valence-electron chi connectivity index (χ1n) is 7.75. The van der Waals surface area contributed by atoms with Crippen molar-refractivity contribution in [3.8, 4) is 0 Å². The molecular weight excluding hydrogens is 317 g/mol. The number of hydrogen-bond acceptors (Lipinski definition) is 2. The molecule has 0 radical (unpaired) electrons. The van der Waals surface area contributed by atoms with Gasteiger partial charge in [0.1, 0.15) is 23.1 Å². The number of para-hydroxylation sites is 1. The lowest BCUT2D eigenvalue weighted by atomic mass is 10.2. The van der Waals surface area contributed by atoms with Crippen LogP contribution in [0.2, 0.25) is 0 Å². The van der Waals surface area contributed by atoms with E-state index < -0.39 is 23.2 Å². The van der Waals surface area contributed by atoms with Crippen molar-refractivity contribution < 1.29 is 18.0 Å². The van der Waals surface area contributed by atoms with E-state index in [0.29, 0.717) is 6.54 Å². The monoisotopic (exact) mass is 334 g/mol. The van der Waals surface area contributed by atoms with E-state index in [4.69, 9.17) is 0 Å². The fourth-order valence-electron chi connectivity index (χ4n) is 2.56. The Morgan fingerprint density at radius 3 is 2.25 bits per heavy atom. The van der Waals surface area contributed by atoms with E-state index in [1.54, 1.807) is 12.1 Å². The van der Waals surface area contributed by atoms with E-state index in [2.05, 4.69) is 5.32 Å². The number of nitrogens with one attached hydrogen (secondary N) is 1. The van der Waals surface area contributed by atoms with Crippen LogP contribution in [0.5, 0.6) is 0 Å². The summed E-state index contributed by atoms with van der Waals surface area (Å²) in [5, 5.41) is 2.30. The van der Waals surface area contributed by atoms with E-state index in [1.807, 2.05) is 4.90 Å². The number of hydrogen-bond donors (Lipinski definition) is 1. The van der Waals surface area contributed by atoms with Crippen molar-refractivity contribution in [3.05, 3.63) is 65.5 Å². The van der Waals surface area contributed by atoms with Crippen LogP contribution < -0.4 is 5.32 Å². The SMILES string of the molecule is O=C(CN(Cc1ccc(F)cc1)C1CC1)Nc1c(F)cccc1F. The molecule has 1 aliphatic carbocycles. The van der Waals surface area contributed by atoms with Crippen LogP contribution in [0.15, 0.2) is 42.5 Å². The molecule has 1 amide bonds. The van der Waals surface area contributed by atoms with E-state index in [1.165, 1.54) is 18.2 Å². The molecular formula is C18H17F3N2O. The van der Waals surface area contributed by atoms with Gasteiger partial charge >= 0.3 is 0 Å². The Bertz CT molecular complexity index is 709. The van der Waals surface area contributed by atoms with Gasteiger partial charge in [0, 0.05) is 12.6 Å². The van der Waals surface area contributed by atoms with Crippen molar-refractivity contribution in [3.63, 3.8) is 0 Å². The van der Waals surface area contributed by atoms with E-state index >= 15 is 0 Å². The van der Waals surface area contributed by atoms with Gasteiger partial charge in [-0.25, -0.2) is 13.2 Å². The molecule has 2 aromatic rings. The van der Waals surface area contributed by atoms with Crippen molar-refractivity contribution in [1.29, 1.82) is 0 Å². The van der Waals surface area contributed by atoms with Gasteiger partial charge in [0.05, 0.1) is 6.54 Å². The molecule has 0 aromatic heterocycles. The topological polar surface area (TPSA) is 32.3 Å². The molecule has 1 N–H and O–H groups in total. The van der Waals surface area contributed by atoms with Gasteiger partial charge in [-0.05, 0) is 42.7 Å². The van der Waals surface area contributed by atoms with E-state index in [9.17, 15) is 18.0 Å². The van der Waals surface area contributed by atoms with E-state index in [0.717, 1.165) is 30.5 Å². The predicted molar refractivity (Wildman–Crippen MR) is 84.8 cm³/mol. The third-order valence-corrected chi connectivity index (χ3v) is 3.94. The van der Waals surface area contributed by atoms with Gasteiger partial charge in [-0.3, -0.25) is 9.69 Å². The molecule has 0 unspecified atom stereocenters. The summed E-state index contributed by atoms with van der Waals surface area (Å²) in [5.41, 5.74) is 0.452. The highest BCUT2D eigenvalue weighted by Crippen LogP contribution is 2.28. The molecule has 0 bridgehead atoms. The summed E-state index contributed by atoms with van der Waals surface area (Å²) < 4.78 is 40.2. The normalized spacial score (nSPS) is 14.0. The molecule has 126 valence electrons. The Morgan fingerprint density at radius 1 is 1.04 bits per heavy atom. The highest BCUT2D eigenvalue weighted by atomic mass is 19.1. The minimum atomic E-state index is -0.806. The Labute approximate surface area is 138 Å². The summed E-state index contributed by atoms with van der Waals surface area (Å²) in [7, 11) is 0. The van der Waals surface area contributed by atoms with Crippen molar-refractivity contribution in [2.75, 3.05) is 11.9 Å². The van der Waals surface area contributed by atoms with Crippen LogP contribution in [0.4, 0.5) is 18.9 Å². The maximum atomic E-state index is 13.6. The maximum absolute atomic E-state index is 13.6. The fourth-order valence-corrected chi connectivity index (χ4v) is 2.56. The Hall–Kier alpha value is -2.34. The molecule has 1 fully saturated rings. The van der Waals surface area contributed by atoms with Gasteiger partial charge in [0.15, 0.2) is 0 Å². The number of halogens is 3. The summed E-state index contributed by atoms with van der Waals surface area (Å²) in [6.45, 7) is 0.508. The third kappa shape index (κ3) is 4.14. The second-order valence-corrected chi connectivity index (χ2v) is 5.91. The predicted octanol–water partition coefficient (Wildman–Crippen LogP) is 3.71. The van der Waals surface area contributed by atoms with Crippen LogP contribution in [-0.4, -0.2) is 23.4 Å². The average Bonchev–Trinajstić information content (AvgIpc) is 3.37. The molecule has 1 aliphatic rings. The van der Waals surface area contributed by atoms with Crippen molar-refractivity contribution in [2.24, 2.45) is 0 Å². The summed E-state index contributed by atoms with van der Waals surface area (Å²) in [5.74, 6) is -2.41. The third-order valence-electron chi connectivity index (χ3n) is 3.94. The van der Waals surface area contributed by atoms with Crippen LogP contribution >= 0.6 is 0 Å². The number of amides is 1. The number of anilines is 1. The fraction of sp³-hybridized carbons (Fsp3) is 0.278. The first kappa shape index (κ1) is 16.5. The molecule has 0 aliphatic heterocycles. The lowest BCUT2D eigenvalue weighted by molar-refractivity contribution is -0.117. The summed E-state index contributed by atoms with van der Waals surface area (Å²) in [4.78, 5) is 14.1. The van der Waals surface area contributed by atoms with E-state index in [-0.39, 0.29) is 18.4 Å². The molecule has 3 rings (SSSR count). The molecule has 0 atom stereocenters. The highest BCUT2D eigenvalue weighted by molar-refractivity contribution is 5.92. The van der Waals surface area contributed by atoms with Gasteiger partial charge in [-0.15, -0.1) is 0 Å². The lowest BCUT2D eigenvalue weighted by Crippen LogP contribution is -2.34. The van der Waals surface area contributed by atoms with Crippen molar-refractivity contribution >= 4 is 11.6 Å². The first-order chi connectivity index (χ1) is 11.5. The number of benzene rings is 2. The number of carbonyl (C=O) groups excluding carboxylic acids is 1. The quantitative estimate of drug-likeness (QED) is 0.873. The molecule has 1 saturated carbocycles. The zero-order valence-corrected chi connectivity index (χ0v) is 12.9. The molecule has 0 saturated heterocycles. The summed E-state index contributed by atoms with van der Waals surface area (Å²) in [6, 6.07) is 9.77. The molecule has 0 heterocycles. The van der Waals surface area contributed by atoms with Crippen molar-refractivity contribution in [1.82, 2.24) is 4.90 Å². The number of nitrogens with zero attached hydrogens (tertiary/aromatic N) is 1. The number of carbonyl (C=O) groups is 1. The smallest absolute Gasteiger partial charge is 0.238 e. The van der Waals surface area contributed by atoms with Crippen LogP contribution in [0, 0.1) is 17.5 Å². The van der Waals surface area contributed by atoms with Crippen molar-refractivity contribution in [2.45, 2.75) is 25.4 Å². The van der Waals surface area contributed by atoms with Gasteiger partial charge in [-0.1, -0.05) is 18.2 Å². The van der Waals surface area contributed by atoms with Crippen LogP contribution in [0.25, 0.3) is 0 Å². The highest BCUT2D eigenvalue weighted by Gasteiger charge is 2.30. The minimum Gasteiger partial charge on any atom is -0.320 e. The Kier molecular flexibility index (Phi) is 4.85. The maximum Gasteiger partial charge on any atom is 0.238 e. The minimum absolute atomic E-state index is 0.0236. The van der Waals surface area contributed by atoms with Gasteiger partial charge < -0.3 is 5.32 Å². The molecule has 3 nitrogen and oxygen atoms in total. The summed E-state index contributed by atoms with van der Waals surface area (Å²) >= 11 is 0. The molecule has 2 aromatic carbocycles. The second kappa shape index (κ2) is 7.05. The van der Waals surface area contributed by atoms with Crippen LogP contribution in [0.3, 0.4) is 0 Å². The molecule has 24 heavy (non-hydrogen) atoms. The van der Waals surface area contributed by atoms with Crippen LogP contribution in [-0.2, 0) is 11.3 Å². The van der Waals surface area contributed by atoms with Gasteiger partial charge in [0.2, 0.25) is 5.91 Å². The zero-order chi connectivity index (χ0) is 17.1. The molecule has 0 spiro atoms. The average molecular weight is 334 g/mol. The first-order valence-corrected chi connectivity index (χ1v) is 7.75. The second-order valence-electron chi connectivity index (χ2n) is 5.91. The molecule has 6 heteroatoms. The van der Waals surface area contributed by atoms with Crippen LogP contribution in [0.1, 0.15) is 18.4 Å². The lowest BCUT2D eigenvalue weighted by Gasteiger charge is -2.21. The zero-order valence-electron chi connectivity index (χ0n) is 12.9. The standard InChI is InChI=1S/C18H17F3N2O/c19-13-6-4-12(5-7-13)10-23(14-8-9-14)11-17(24)22-18-15(20)2-1-3-16(18)21/h1-7,14H,8-11H2,(H,22,24).